The van der Waals surface area contributed by atoms with Crippen LogP contribution in [0.1, 0.15) is 49.5 Å². The number of amides is 1. The van der Waals surface area contributed by atoms with Gasteiger partial charge in [-0.1, -0.05) is 12.1 Å². The molecule has 9 nitrogen and oxygen atoms in total. The van der Waals surface area contributed by atoms with Crippen LogP contribution in [0.15, 0.2) is 42.9 Å². The van der Waals surface area contributed by atoms with Crippen molar-refractivity contribution in [1.29, 1.82) is 0 Å². The molecule has 0 bridgehead atoms. The molecule has 3 heterocycles. The third kappa shape index (κ3) is 4.31. The van der Waals surface area contributed by atoms with Gasteiger partial charge in [0.1, 0.15) is 11.8 Å². The van der Waals surface area contributed by atoms with E-state index in [1.54, 1.807) is 29.2 Å². The lowest BCUT2D eigenvalue weighted by Gasteiger charge is -2.38. The molecule has 10 heteroatoms. The molecule has 1 amide bonds. The molecule has 0 spiro atoms. The first-order valence-electron chi connectivity index (χ1n) is 10.4. The summed E-state index contributed by atoms with van der Waals surface area (Å²) in [7, 11) is 0. The average molecular weight is 440 g/mol. The van der Waals surface area contributed by atoms with Crippen molar-refractivity contribution < 1.29 is 19.0 Å². The van der Waals surface area contributed by atoms with E-state index in [0.29, 0.717) is 24.1 Å². The zero-order valence-electron chi connectivity index (χ0n) is 18.1. The standard InChI is InChI=1S/C22H25FN6O3/c1-14-8-9-15(32-20-19(23)17(10-11-24-20)22(2,3)31)12-28(14)21(30)16-6-4-5-7-18(16)29-26-13-25-27-29/h4-7,10-11,13-15,31H,8-9,12H2,1-3H3/t14-,15-/m1/s1. The smallest absolute Gasteiger partial charge is 0.256 e. The summed E-state index contributed by atoms with van der Waals surface area (Å²) in [6.45, 7) is 5.24. The molecule has 2 atom stereocenters. The number of ether oxygens (including phenoxy) is 1. The van der Waals surface area contributed by atoms with E-state index < -0.39 is 17.5 Å². The molecule has 3 aromatic rings. The lowest BCUT2D eigenvalue weighted by atomic mass is 9.98. The number of nitrogens with zero attached hydrogens (tertiary/aromatic N) is 6. The van der Waals surface area contributed by atoms with Crippen molar-refractivity contribution in [3.63, 3.8) is 0 Å². The van der Waals surface area contributed by atoms with Crippen LogP contribution in [-0.2, 0) is 5.60 Å². The van der Waals surface area contributed by atoms with Gasteiger partial charge in [-0.2, -0.15) is 0 Å². The van der Waals surface area contributed by atoms with Gasteiger partial charge in [0.15, 0.2) is 12.1 Å². The SMILES string of the molecule is C[C@@H]1CC[C@@H](Oc2nccc(C(C)(C)O)c2F)CN1C(=O)c1ccccc1-n1ncnn1. The fourth-order valence-corrected chi connectivity index (χ4v) is 3.85. The molecular weight excluding hydrogens is 415 g/mol. The minimum atomic E-state index is -1.37. The third-order valence-corrected chi connectivity index (χ3v) is 5.59. The molecule has 2 aromatic heterocycles. The van der Waals surface area contributed by atoms with Crippen LogP contribution in [0.4, 0.5) is 4.39 Å². The number of para-hydroxylation sites is 1. The number of hydrogen-bond acceptors (Lipinski definition) is 7. The van der Waals surface area contributed by atoms with E-state index in [1.165, 1.54) is 37.2 Å². The molecule has 168 valence electrons. The number of aliphatic hydroxyl groups is 1. The Kier molecular flexibility index (Phi) is 5.88. The summed E-state index contributed by atoms with van der Waals surface area (Å²) in [5.74, 6) is -1.07. The highest BCUT2D eigenvalue weighted by Crippen LogP contribution is 2.30. The second-order valence-corrected chi connectivity index (χ2v) is 8.40. The number of piperidine rings is 1. The van der Waals surface area contributed by atoms with Gasteiger partial charge >= 0.3 is 0 Å². The monoisotopic (exact) mass is 440 g/mol. The number of pyridine rings is 1. The molecule has 1 aliphatic heterocycles. The maximum Gasteiger partial charge on any atom is 0.256 e. The summed E-state index contributed by atoms with van der Waals surface area (Å²) >= 11 is 0. The molecule has 1 fully saturated rings. The molecule has 1 aliphatic rings. The first-order valence-corrected chi connectivity index (χ1v) is 10.4. The molecule has 0 unspecified atom stereocenters. The number of halogens is 1. The Balaban J connectivity index is 1.56. The van der Waals surface area contributed by atoms with Crippen molar-refractivity contribution in [3.8, 4) is 11.6 Å². The van der Waals surface area contributed by atoms with Crippen LogP contribution in [0.25, 0.3) is 5.69 Å². The van der Waals surface area contributed by atoms with Crippen molar-refractivity contribution in [2.24, 2.45) is 0 Å². The first-order chi connectivity index (χ1) is 15.3. The number of carbonyl (C=O) groups excluding carboxylic acids is 1. The lowest BCUT2D eigenvalue weighted by Crippen LogP contribution is -2.49. The number of likely N-dealkylation sites (tertiary alicyclic amines) is 1. The van der Waals surface area contributed by atoms with E-state index in [0.717, 1.165) is 0 Å². The summed E-state index contributed by atoms with van der Waals surface area (Å²) in [6.07, 6.45) is 3.60. The predicted octanol–water partition coefficient (Wildman–Crippen LogP) is 2.50. The average Bonchev–Trinajstić information content (AvgIpc) is 3.30. The Labute approximate surface area is 184 Å². The molecule has 0 radical (unpaired) electrons. The number of carbonyl (C=O) groups is 1. The highest BCUT2D eigenvalue weighted by molar-refractivity contribution is 5.98. The van der Waals surface area contributed by atoms with E-state index in [2.05, 4.69) is 20.4 Å². The van der Waals surface area contributed by atoms with Gasteiger partial charge in [-0.3, -0.25) is 4.79 Å². The van der Waals surface area contributed by atoms with Gasteiger partial charge in [0.25, 0.3) is 11.8 Å². The number of rotatable bonds is 5. The fourth-order valence-electron chi connectivity index (χ4n) is 3.85. The summed E-state index contributed by atoms with van der Waals surface area (Å²) in [6, 6.07) is 8.43. The van der Waals surface area contributed by atoms with Crippen molar-refractivity contribution in [2.75, 3.05) is 6.54 Å². The lowest BCUT2D eigenvalue weighted by molar-refractivity contribution is 0.0353. The minimum Gasteiger partial charge on any atom is -0.470 e. The highest BCUT2D eigenvalue weighted by atomic mass is 19.1. The Hall–Kier alpha value is -3.40. The minimum absolute atomic E-state index is 0.0281. The highest BCUT2D eigenvalue weighted by Gasteiger charge is 2.33. The summed E-state index contributed by atoms with van der Waals surface area (Å²) in [4.78, 5) is 20.5. The summed E-state index contributed by atoms with van der Waals surface area (Å²) in [5, 5.41) is 21.8. The van der Waals surface area contributed by atoms with E-state index in [9.17, 15) is 14.3 Å². The third-order valence-electron chi connectivity index (χ3n) is 5.59. The summed E-state index contributed by atoms with van der Waals surface area (Å²) in [5.41, 5.74) is -0.302. The van der Waals surface area contributed by atoms with Crippen LogP contribution in [0.5, 0.6) is 5.88 Å². The Bertz CT molecular complexity index is 1100. The predicted molar refractivity (Wildman–Crippen MR) is 113 cm³/mol. The fraction of sp³-hybridized carbons (Fsp3) is 0.409. The maximum absolute atomic E-state index is 14.9. The Morgan fingerprint density at radius 1 is 1.25 bits per heavy atom. The topological polar surface area (TPSA) is 106 Å². The number of hydrogen-bond donors (Lipinski definition) is 1. The Morgan fingerprint density at radius 2 is 2.03 bits per heavy atom. The molecule has 4 rings (SSSR count). The zero-order valence-corrected chi connectivity index (χ0v) is 18.1. The molecule has 1 aromatic carbocycles. The van der Waals surface area contributed by atoms with Crippen molar-refractivity contribution in [1.82, 2.24) is 30.1 Å². The van der Waals surface area contributed by atoms with E-state index in [4.69, 9.17) is 4.74 Å². The van der Waals surface area contributed by atoms with Crippen LogP contribution in [-0.4, -0.2) is 59.8 Å². The molecule has 1 saturated heterocycles. The van der Waals surface area contributed by atoms with Crippen LogP contribution in [0.3, 0.4) is 0 Å². The van der Waals surface area contributed by atoms with Crippen LogP contribution >= 0.6 is 0 Å². The second kappa shape index (κ2) is 8.62. The van der Waals surface area contributed by atoms with Gasteiger partial charge in [0, 0.05) is 17.8 Å². The van der Waals surface area contributed by atoms with Gasteiger partial charge in [-0.15, -0.1) is 15.0 Å². The van der Waals surface area contributed by atoms with Crippen molar-refractivity contribution >= 4 is 5.91 Å². The van der Waals surface area contributed by atoms with Gasteiger partial charge in [0.2, 0.25) is 0 Å². The molecular formula is C22H25FN6O3. The van der Waals surface area contributed by atoms with Crippen LogP contribution < -0.4 is 4.74 Å². The Morgan fingerprint density at radius 3 is 2.75 bits per heavy atom. The van der Waals surface area contributed by atoms with Crippen molar-refractivity contribution in [3.05, 3.63) is 59.8 Å². The molecule has 0 saturated carbocycles. The van der Waals surface area contributed by atoms with Crippen LogP contribution in [0, 0.1) is 5.82 Å². The second-order valence-electron chi connectivity index (χ2n) is 8.40. The van der Waals surface area contributed by atoms with Gasteiger partial charge in [-0.05, 0) is 57.0 Å². The quantitative estimate of drug-likeness (QED) is 0.650. The largest absolute Gasteiger partial charge is 0.470 e. The van der Waals surface area contributed by atoms with Gasteiger partial charge in [0.05, 0.1) is 17.7 Å². The van der Waals surface area contributed by atoms with Crippen LogP contribution in [0.2, 0.25) is 0 Å². The molecule has 0 aliphatic carbocycles. The molecule has 32 heavy (non-hydrogen) atoms. The van der Waals surface area contributed by atoms with E-state index >= 15 is 0 Å². The van der Waals surface area contributed by atoms with Crippen molar-refractivity contribution in [2.45, 2.75) is 51.4 Å². The van der Waals surface area contributed by atoms with E-state index in [1.807, 2.05) is 6.92 Å². The van der Waals surface area contributed by atoms with E-state index in [-0.39, 0.29) is 29.9 Å². The molecule has 1 N–H and O–H groups in total. The maximum atomic E-state index is 14.9. The number of aromatic nitrogens is 5. The normalized spacial score (nSPS) is 19.1. The number of tetrazole rings is 1. The zero-order chi connectivity index (χ0) is 22.9. The first kappa shape index (κ1) is 21.8. The van der Waals surface area contributed by atoms with Gasteiger partial charge < -0.3 is 14.7 Å². The summed E-state index contributed by atoms with van der Waals surface area (Å²) < 4.78 is 20.7. The van der Waals surface area contributed by atoms with Gasteiger partial charge in [-0.25, -0.2) is 9.37 Å². The number of benzene rings is 1.